The first-order valence-corrected chi connectivity index (χ1v) is 19.5. The molecule has 0 spiro atoms. The van der Waals surface area contributed by atoms with Crippen LogP contribution in [0.3, 0.4) is 0 Å². The van der Waals surface area contributed by atoms with Crippen molar-refractivity contribution < 1.29 is 44.0 Å². The van der Waals surface area contributed by atoms with Crippen molar-refractivity contribution in [2.45, 2.75) is 32.6 Å². The van der Waals surface area contributed by atoms with Crippen molar-refractivity contribution in [2.75, 3.05) is 16.9 Å². The molecule has 290 valence electrons. The van der Waals surface area contributed by atoms with Gasteiger partial charge in [-0.05, 0) is 92.1 Å². The van der Waals surface area contributed by atoms with E-state index >= 15 is 4.79 Å². The maximum Gasteiger partial charge on any atom is 0.339 e. The van der Waals surface area contributed by atoms with Gasteiger partial charge in [0.2, 0.25) is 23.6 Å². The molecule has 2 aliphatic carbocycles. The number of carboxylic acids is 1. The summed E-state index contributed by atoms with van der Waals surface area (Å²) in [4.78, 5) is 73.1. The van der Waals surface area contributed by atoms with Gasteiger partial charge >= 0.3 is 5.97 Å². The first kappa shape index (κ1) is 36.6. The second-order valence-electron chi connectivity index (χ2n) is 15.3. The highest BCUT2D eigenvalue weighted by molar-refractivity contribution is 7.22. The Morgan fingerprint density at radius 1 is 0.947 bits per heavy atom. The number of amides is 4. The van der Waals surface area contributed by atoms with Gasteiger partial charge in [0.15, 0.2) is 0 Å². The predicted molar refractivity (Wildman–Crippen MR) is 211 cm³/mol. The number of carboxylic acid groups (broad SMARTS) is 1. The van der Waals surface area contributed by atoms with Crippen LogP contribution in [0.1, 0.15) is 47.2 Å². The van der Waals surface area contributed by atoms with Crippen molar-refractivity contribution in [1.82, 2.24) is 9.78 Å². The van der Waals surface area contributed by atoms with Crippen LogP contribution in [0, 0.1) is 36.0 Å². The summed E-state index contributed by atoms with van der Waals surface area (Å²) in [6, 6.07) is 15.6. The van der Waals surface area contributed by atoms with E-state index < -0.39 is 70.4 Å². The van der Waals surface area contributed by atoms with E-state index in [1.54, 1.807) is 32.2 Å². The number of hydrogen-bond acceptors (Lipinski definition) is 10. The van der Waals surface area contributed by atoms with E-state index in [0.29, 0.717) is 27.6 Å². The number of methoxy groups -OCH3 is 1. The number of ether oxygens (including phenoxy) is 1. The second-order valence-corrected chi connectivity index (χ2v) is 16.8. The van der Waals surface area contributed by atoms with E-state index in [0.717, 1.165) is 37.6 Å². The van der Waals surface area contributed by atoms with Crippen molar-refractivity contribution in [3.63, 3.8) is 0 Å². The minimum Gasteiger partial charge on any atom is -0.508 e. The molecule has 3 aromatic carbocycles. The van der Waals surface area contributed by atoms with Crippen LogP contribution in [0.15, 0.2) is 72.3 Å². The van der Waals surface area contributed by atoms with Gasteiger partial charge in [-0.3, -0.25) is 23.9 Å². The van der Waals surface area contributed by atoms with E-state index in [1.807, 2.05) is 31.2 Å². The van der Waals surface area contributed by atoms with Crippen LogP contribution >= 0.6 is 22.9 Å². The predicted octanol–water partition coefficient (Wildman–Crippen LogP) is 6.82. The number of thiophene rings is 1. The number of halogens is 1. The molecule has 2 aromatic heterocycles. The summed E-state index contributed by atoms with van der Waals surface area (Å²) in [5.74, 6) is -7.85. The molecule has 0 radical (unpaired) electrons. The molecule has 57 heavy (non-hydrogen) atoms. The third kappa shape index (κ3) is 5.12. The third-order valence-electron chi connectivity index (χ3n) is 12.5. The van der Waals surface area contributed by atoms with Gasteiger partial charge in [-0.2, -0.15) is 5.10 Å². The van der Waals surface area contributed by atoms with Crippen LogP contribution in [0.5, 0.6) is 17.2 Å². The van der Waals surface area contributed by atoms with Gasteiger partial charge in [-0.15, -0.1) is 11.3 Å². The molecule has 15 heteroatoms. The van der Waals surface area contributed by atoms with Gasteiger partial charge in [-0.25, -0.2) is 14.6 Å². The highest BCUT2D eigenvalue weighted by atomic mass is 35.5. The number of rotatable bonds is 6. The third-order valence-corrected chi connectivity index (χ3v) is 14.0. The van der Waals surface area contributed by atoms with Gasteiger partial charge in [0, 0.05) is 40.4 Å². The summed E-state index contributed by atoms with van der Waals surface area (Å²) in [5, 5.41) is 37.7. The number of allylic oxidation sites excluding steroid dienone is 2. The monoisotopic (exact) mass is 806 g/mol. The van der Waals surface area contributed by atoms with E-state index in [1.165, 1.54) is 40.2 Å². The van der Waals surface area contributed by atoms with Crippen molar-refractivity contribution >= 4 is 74.1 Å². The molecule has 0 bridgehead atoms. The lowest BCUT2D eigenvalue weighted by molar-refractivity contribution is -0.131. The number of imide groups is 2. The van der Waals surface area contributed by atoms with Crippen LogP contribution < -0.4 is 14.5 Å². The van der Waals surface area contributed by atoms with E-state index in [9.17, 15) is 34.5 Å². The molecule has 6 atom stereocenters. The Morgan fingerprint density at radius 2 is 1.72 bits per heavy atom. The zero-order chi connectivity index (χ0) is 40.4. The Labute approximate surface area is 334 Å². The van der Waals surface area contributed by atoms with Crippen molar-refractivity contribution in [1.29, 1.82) is 0 Å². The average Bonchev–Trinajstić information content (AvgIpc) is 3.85. The lowest BCUT2D eigenvalue weighted by atomic mass is 9.51. The summed E-state index contributed by atoms with van der Waals surface area (Å²) >= 11 is 7.83. The average molecular weight is 807 g/mol. The normalized spacial score (nSPS) is 25.5. The highest BCUT2D eigenvalue weighted by Crippen LogP contribution is 2.65. The molecule has 4 heterocycles. The molecule has 4 amide bonds. The zero-order valence-electron chi connectivity index (χ0n) is 31.0. The van der Waals surface area contributed by atoms with E-state index in [-0.39, 0.29) is 35.7 Å². The number of phenolic OH excluding ortho intramolecular Hbond substituents is 1. The molecular formula is C42H35ClN4O9S. The molecule has 3 fully saturated rings. The second kappa shape index (κ2) is 12.8. The lowest BCUT2D eigenvalue weighted by Crippen LogP contribution is -2.49. The largest absolute Gasteiger partial charge is 0.508 e. The Bertz CT molecular complexity index is 2680. The Hall–Kier alpha value is -5.99. The van der Waals surface area contributed by atoms with Crippen LogP contribution in [0.2, 0.25) is 5.02 Å². The summed E-state index contributed by atoms with van der Waals surface area (Å²) in [5.41, 5.74) is 0.708. The summed E-state index contributed by atoms with van der Waals surface area (Å²) < 4.78 is 8.05. The highest BCUT2D eigenvalue weighted by Gasteiger charge is 2.68. The summed E-state index contributed by atoms with van der Waals surface area (Å²) in [6.07, 6.45) is 2.05. The number of aryl methyl sites for hydroxylation is 2. The minimum absolute atomic E-state index is 0.0216. The van der Waals surface area contributed by atoms with Gasteiger partial charge in [0.05, 0.1) is 40.8 Å². The molecule has 2 saturated heterocycles. The molecule has 1 saturated carbocycles. The molecule has 3 N–H and O–H groups in total. The van der Waals surface area contributed by atoms with Crippen LogP contribution in [0.25, 0.3) is 20.7 Å². The lowest BCUT2D eigenvalue weighted by Gasteiger charge is -2.49. The number of carbonyl (C=O) groups is 5. The number of fused-ring (bicyclic) bond motifs is 5. The quantitative estimate of drug-likeness (QED) is 0.122. The first-order valence-electron chi connectivity index (χ1n) is 18.3. The number of benzene rings is 3. The number of carbonyl (C=O) groups excluding carboxylic acids is 4. The fourth-order valence-electron chi connectivity index (χ4n) is 9.78. The number of phenols is 2. The van der Waals surface area contributed by atoms with Gasteiger partial charge < -0.3 is 20.1 Å². The van der Waals surface area contributed by atoms with Gasteiger partial charge in [0.1, 0.15) is 34.3 Å². The molecule has 9 rings (SSSR count). The summed E-state index contributed by atoms with van der Waals surface area (Å²) in [6.45, 7) is 3.70. The number of hydrogen-bond donors (Lipinski definition) is 3. The number of aromatic nitrogens is 2. The molecule has 5 aromatic rings. The Morgan fingerprint density at radius 3 is 2.44 bits per heavy atom. The molecular weight excluding hydrogens is 772 g/mol. The van der Waals surface area contributed by atoms with Crippen LogP contribution in [0.4, 0.5) is 11.5 Å². The van der Waals surface area contributed by atoms with E-state index in [2.05, 4.69) is 0 Å². The number of aromatic carboxylic acids is 1. The van der Waals surface area contributed by atoms with Crippen molar-refractivity contribution in [3.8, 4) is 27.8 Å². The van der Waals surface area contributed by atoms with E-state index in [4.69, 9.17) is 21.4 Å². The Balaban J connectivity index is 1.15. The number of aromatic hydroxyl groups is 2. The topological polar surface area (TPSA) is 180 Å². The SMILES string of the molecule is COc1ccc(O)c(C2C3=CCC4C(=O)N(c5ccc(C(=O)O)c(O)c5)C(=O)C4C3CC3C(=O)N(c4cc(-c5sc6ccc(Cl)cc6c5C)nn4C)C(=O)C32C)c1. The standard InChI is InChI=1S/C42H35ClN4O9S/c1-18-25-13-19(43)5-12-32(25)57-36(18)29-17-33(45(3)44-29)47-38(51)28-16-26-22(35(42(28,2)41(47)55)27-15-21(56-4)7-11-30(27)48)9-10-24-34(26)39(52)46(37(24)50)20-6-8-23(40(53)54)31(49)14-20/h5-9,11-15,17,24,26,28,34-35,48-49H,10,16H2,1-4H3,(H,53,54). The minimum atomic E-state index is -1.45. The molecule has 4 aliphatic rings. The van der Waals surface area contributed by atoms with Gasteiger partial charge in [0.25, 0.3) is 0 Å². The first-order chi connectivity index (χ1) is 27.1. The maximum absolute atomic E-state index is 15.1. The molecule has 2 aliphatic heterocycles. The molecule has 6 unspecified atom stereocenters. The van der Waals surface area contributed by atoms with Gasteiger partial charge in [-0.1, -0.05) is 23.3 Å². The number of anilines is 2. The zero-order valence-corrected chi connectivity index (χ0v) is 32.6. The van der Waals surface area contributed by atoms with Crippen molar-refractivity contribution in [3.05, 3.63) is 94.0 Å². The van der Waals surface area contributed by atoms with Crippen LogP contribution in [-0.4, -0.2) is 61.8 Å². The fourth-order valence-corrected chi connectivity index (χ4v) is 11.1. The van der Waals surface area contributed by atoms with Crippen molar-refractivity contribution in [2.24, 2.45) is 36.1 Å². The van der Waals surface area contributed by atoms with Crippen LogP contribution in [-0.2, 0) is 26.2 Å². The smallest absolute Gasteiger partial charge is 0.339 e. The fraction of sp³-hybridized carbons (Fsp3) is 0.286. The summed E-state index contributed by atoms with van der Waals surface area (Å²) in [7, 11) is 3.14. The number of nitrogens with zero attached hydrogens (tertiary/aromatic N) is 4. The molecule has 13 nitrogen and oxygen atoms in total. The Kier molecular flexibility index (Phi) is 8.20. The maximum atomic E-state index is 15.1.